The van der Waals surface area contributed by atoms with Gasteiger partial charge in [0.25, 0.3) is 5.24 Å². The van der Waals surface area contributed by atoms with Gasteiger partial charge in [0.1, 0.15) is 0 Å². The highest BCUT2D eigenvalue weighted by molar-refractivity contribution is 6.67. The minimum atomic E-state index is -0.671. The summed E-state index contributed by atoms with van der Waals surface area (Å²) < 4.78 is 5.03. The first-order valence-electron chi connectivity index (χ1n) is 3.60. The fraction of sp³-hybridized carbons (Fsp3) is 0. The van der Waals surface area contributed by atoms with E-state index in [-0.39, 0.29) is 17.1 Å². The van der Waals surface area contributed by atoms with Crippen LogP contribution >= 0.6 is 11.6 Å². The minimum Gasteiger partial charge on any atom is -0.504 e. The maximum Gasteiger partial charge on any atom is 0.287 e. The standard InChI is InChI=1S/C9H5ClO3/c10-9(12)7-4-5-2-1-3-6(11)8(5)13-7/h1-4,11H. The fourth-order valence-electron chi connectivity index (χ4n) is 1.14. The zero-order chi connectivity index (χ0) is 9.42. The third-order valence-corrected chi connectivity index (χ3v) is 1.90. The van der Waals surface area contributed by atoms with E-state index >= 15 is 0 Å². The van der Waals surface area contributed by atoms with Crippen LogP contribution in [0, 0.1) is 0 Å². The SMILES string of the molecule is O=C(Cl)c1cc2cccc(O)c2o1. The Labute approximate surface area is 78.5 Å². The van der Waals surface area contributed by atoms with Gasteiger partial charge in [-0.25, -0.2) is 0 Å². The number of phenols is 1. The molecule has 0 amide bonds. The summed E-state index contributed by atoms with van der Waals surface area (Å²) in [5.74, 6) is 0.0415. The van der Waals surface area contributed by atoms with Crippen molar-refractivity contribution in [2.75, 3.05) is 0 Å². The Bertz CT molecular complexity index is 473. The van der Waals surface area contributed by atoms with E-state index in [0.29, 0.717) is 5.39 Å². The van der Waals surface area contributed by atoms with Gasteiger partial charge in [0, 0.05) is 5.39 Å². The van der Waals surface area contributed by atoms with E-state index in [1.807, 2.05) is 0 Å². The van der Waals surface area contributed by atoms with Crippen molar-refractivity contribution in [1.29, 1.82) is 0 Å². The molecule has 2 aromatic rings. The van der Waals surface area contributed by atoms with Crippen molar-refractivity contribution in [3.05, 3.63) is 30.0 Å². The van der Waals surface area contributed by atoms with Gasteiger partial charge in [-0.1, -0.05) is 12.1 Å². The molecule has 3 nitrogen and oxygen atoms in total. The monoisotopic (exact) mass is 196 g/mol. The van der Waals surface area contributed by atoms with E-state index in [1.165, 1.54) is 12.1 Å². The molecule has 0 radical (unpaired) electrons. The first kappa shape index (κ1) is 8.13. The molecule has 1 aromatic carbocycles. The molecule has 2 rings (SSSR count). The zero-order valence-corrected chi connectivity index (χ0v) is 7.21. The quantitative estimate of drug-likeness (QED) is 0.713. The van der Waals surface area contributed by atoms with Gasteiger partial charge in [-0.15, -0.1) is 0 Å². The molecule has 0 unspecified atom stereocenters. The maximum absolute atomic E-state index is 10.7. The Hall–Kier alpha value is -1.48. The van der Waals surface area contributed by atoms with E-state index < -0.39 is 5.24 Å². The zero-order valence-electron chi connectivity index (χ0n) is 6.45. The van der Waals surface area contributed by atoms with Crippen LogP contribution in [0.5, 0.6) is 5.75 Å². The minimum absolute atomic E-state index is 0.00154. The van der Waals surface area contributed by atoms with Crippen LogP contribution in [0.1, 0.15) is 10.6 Å². The molecular formula is C9H5ClO3. The highest BCUT2D eigenvalue weighted by Crippen LogP contribution is 2.27. The summed E-state index contributed by atoms with van der Waals surface area (Å²) in [5, 5.41) is 9.30. The third-order valence-electron chi connectivity index (χ3n) is 1.72. The van der Waals surface area contributed by atoms with Crippen LogP contribution in [0.3, 0.4) is 0 Å². The molecular weight excluding hydrogens is 192 g/mol. The summed E-state index contributed by atoms with van der Waals surface area (Å²) in [7, 11) is 0. The Kier molecular flexibility index (Phi) is 1.74. The average Bonchev–Trinajstić information content (AvgIpc) is 2.49. The molecule has 0 bridgehead atoms. The second-order valence-corrected chi connectivity index (χ2v) is 2.92. The van der Waals surface area contributed by atoms with Crippen LogP contribution < -0.4 is 0 Å². The Balaban J connectivity index is 2.75. The molecule has 0 fully saturated rings. The molecule has 0 aliphatic rings. The summed E-state index contributed by atoms with van der Waals surface area (Å²) in [4.78, 5) is 10.7. The molecule has 4 heteroatoms. The highest BCUT2D eigenvalue weighted by Gasteiger charge is 2.11. The molecule has 0 saturated carbocycles. The van der Waals surface area contributed by atoms with Crippen molar-refractivity contribution in [2.24, 2.45) is 0 Å². The number of rotatable bonds is 1. The van der Waals surface area contributed by atoms with Crippen molar-refractivity contribution >= 4 is 27.8 Å². The molecule has 0 aliphatic heterocycles. The van der Waals surface area contributed by atoms with Crippen molar-refractivity contribution in [2.45, 2.75) is 0 Å². The number of para-hydroxylation sites is 1. The van der Waals surface area contributed by atoms with Gasteiger partial charge in [-0.05, 0) is 23.7 Å². The van der Waals surface area contributed by atoms with Gasteiger partial charge in [0.2, 0.25) is 0 Å². The number of halogens is 1. The van der Waals surface area contributed by atoms with Crippen LogP contribution in [0.2, 0.25) is 0 Å². The average molecular weight is 197 g/mol. The summed E-state index contributed by atoms with van der Waals surface area (Å²) >= 11 is 5.21. The van der Waals surface area contributed by atoms with Crippen LogP contribution in [-0.4, -0.2) is 10.3 Å². The van der Waals surface area contributed by atoms with Crippen molar-refractivity contribution in [1.82, 2.24) is 0 Å². The van der Waals surface area contributed by atoms with E-state index in [9.17, 15) is 9.90 Å². The lowest BCUT2D eigenvalue weighted by Gasteiger charge is -1.90. The number of carbonyl (C=O) groups excluding carboxylic acids is 1. The number of aromatic hydroxyl groups is 1. The number of hydrogen-bond donors (Lipinski definition) is 1. The Morgan fingerprint density at radius 2 is 2.23 bits per heavy atom. The number of carbonyl (C=O) groups is 1. The van der Waals surface area contributed by atoms with E-state index in [1.54, 1.807) is 12.1 Å². The van der Waals surface area contributed by atoms with Gasteiger partial charge >= 0.3 is 0 Å². The molecule has 1 heterocycles. The van der Waals surface area contributed by atoms with Crippen LogP contribution in [0.4, 0.5) is 0 Å². The molecule has 0 aliphatic carbocycles. The van der Waals surface area contributed by atoms with Crippen molar-refractivity contribution < 1.29 is 14.3 Å². The van der Waals surface area contributed by atoms with Gasteiger partial charge in [0.05, 0.1) is 0 Å². The predicted octanol–water partition coefficient (Wildman–Crippen LogP) is 2.52. The number of phenolic OH excluding ortho intramolecular Hbond substituents is 1. The topological polar surface area (TPSA) is 50.4 Å². The number of hydrogen-bond acceptors (Lipinski definition) is 3. The number of benzene rings is 1. The van der Waals surface area contributed by atoms with Crippen LogP contribution in [-0.2, 0) is 0 Å². The smallest absolute Gasteiger partial charge is 0.287 e. The summed E-state index contributed by atoms with van der Waals surface area (Å²) in [5.41, 5.74) is 0.284. The fourth-order valence-corrected chi connectivity index (χ4v) is 1.24. The van der Waals surface area contributed by atoms with Gasteiger partial charge in [-0.3, -0.25) is 4.79 Å². The first-order chi connectivity index (χ1) is 6.18. The summed E-state index contributed by atoms with van der Waals surface area (Å²) in [6.45, 7) is 0. The third kappa shape index (κ3) is 1.27. The maximum atomic E-state index is 10.7. The lowest BCUT2D eigenvalue weighted by molar-refractivity contribution is 0.105. The van der Waals surface area contributed by atoms with E-state index in [0.717, 1.165) is 0 Å². The molecule has 66 valence electrons. The largest absolute Gasteiger partial charge is 0.504 e. The Morgan fingerprint density at radius 1 is 1.46 bits per heavy atom. The van der Waals surface area contributed by atoms with Crippen molar-refractivity contribution in [3.63, 3.8) is 0 Å². The molecule has 1 N–H and O–H groups in total. The molecule has 1 aromatic heterocycles. The number of furan rings is 1. The van der Waals surface area contributed by atoms with Gasteiger partial charge in [0.15, 0.2) is 17.1 Å². The highest BCUT2D eigenvalue weighted by atomic mass is 35.5. The van der Waals surface area contributed by atoms with E-state index in [4.69, 9.17) is 16.0 Å². The second kappa shape index (κ2) is 2.78. The van der Waals surface area contributed by atoms with Gasteiger partial charge in [-0.2, -0.15) is 0 Å². The lowest BCUT2D eigenvalue weighted by atomic mass is 10.2. The number of fused-ring (bicyclic) bond motifs is 1. The summed E-state index contributed by atoms with van der Waals surface area (Å²) in [6, 6.07) is 6.36. The molecule has 0 atom stereocenters. The van der Waals surface area contributed by atoms with Gasteiger partial charge < -0.3 is 9.52 Å². The second-order valence-electron chi connectivity index (χ2n) is 2.58. The predicted molar refractivity (Wildman–Crippen MR) is 48.1 cm³/mol. The molecule has 0 spiro atoms. The van der Waals surface area contributed by atoms with Crippen molar-refractivity contribution in [3.8, 4) is 5.75 Å². The van der Waals surface area contributed by atoms with E-state index in [2.05, 4.69) is 0 Å². The first-order valence-corrected chi connectivity index (χ1v) is 3.97. The lowest BCUT2D eigenvalue weighted by Crippen LogP contribution is -1.80. The molecule has 0 saturated heterocycles. The van der Waals surface area contributed by atoms with Crippen LogP contribution in [0.15, 0.2) is 28.7 Å². The summed E-state index contributed by atoms with van der Waals surface area (Å²) in [6.07, 6.45) is 0. The van der Waals surface area contributed by atoms with Crippen LogP contribution in [0.25, 0.3) is 11.0 Å². The normalized spacial score (nSPS) is 10.5. The Morgan fingerprint density at radius 3 is 2.85 bits per heavy atom. The molecule has 13 heavy (non-hydrogen) atoms.